The third-order valence-corrected chi connectivity index (χ3v) is 4.73. The van der Waals surface area contributed by atoms with Gasteiger partial charge in [-0.25, -0.2) is 5.26 Å². The SMILES string of the molecule is Cc1ccc2cc(CCCOSOOO)ccc2c1S(=O)(=O)O. The van der Waals surface area contributed by atoms with Crippen LogP contribution in [0.25, 0.3) is 10.8 Å². The average Bonchev–Trinajstić information content (AvgIpc) is 2.49. The lowest BCUT2D eigenvalue weighted by Gasteiger charge is -2.09. The molecule has 0 bridgehead atoms. The third-order valence-electron chi connectivity index (χ3n) is 3.29. The van der Waals surface area contributed by atoms with Gasteiger partial charge in [-0.15, -0.1) is 4.33 Å². The van der Waals surface area contributed by atoms with E-state index in [0.717, 1.165) is 10.9 Å². The van der Waals surface area contributed by atoms with Gasteiger partial charge in [-0.1, -0.05) is 35.4 Å². The first-order chi connectivity index (χ1) is 10.9. The number of rotatable bonds is 8. The predicted octanol–water partition coefficient (Wildman–Crippen LogP) is 3.33. The van der Waals surface area contributed by atoms with Crippen LogP contribution >= 0.6 is 12.3 Å². The first-order valence-corrected chi connectivity index (χ1v) is 8.80. The molecule has 0 aliphatic rings. The van der Waals surface area contributed by atoms with Crippen molar-refractivity contribution in [3.05, 3.63) is 41.5 Å². The molecule has 0 saturated heterocycles. The van der Waals surface area contributed by atoms with Gasteiger partial charge in [0, 0.05) is 5.39 Å². The molecule has 2 N–H and O–H groups in total. The number of hydrogen-bond donors (Lipinski definition) is 2. The van der Waals surface area contributed by atoms with Crippen molar-refractivity contribution >= 4 is 33.2 Å². The Labute approximate surface area is 138 Å². The summed E-state index contributed by atoms with van der Waals surface area (Å²) in [6.45, 7) is 2.03. The standard InChI is InChI=1S/C14H16O7S2/c1-10-4-6-12-9-11(3-2-8-19-22-21-20-15)5-7-13(12)14(10)23(16,17)18/h4-7,9,15H,2-3,8H2,1H3,(H,16,17,18). The average molecular weight is 360 g/mol. The minimum Gasteiger partial charge on any atom is -0.289 e. The summed E-state index contributed by atoms with van der Waals surface area (Å²) in [7, 11) is -4.27. The Morgan fingerprint density at radius 1 is 1.22 bits per heavy atom. The Hall–Kier alpha value is -1.20. The van der Waals surface area contributed by atoms with Crippen molar-refractivity contribution in [1.29, 1.82) is 0 Å². The fraction of sp³-hybridized carbons (Fsp3) is 0.286. The van der Waals surface area contributed by atoms with E-state index < -0.39 is 10.1 Å². The molecule has 0 atom stereocenters. The second-order valence-electron chi connectivity index (χ2n) is 4.88. The molecule has 2 aromatic rings. The number of aryl methyl sites for hydroxylation is 2. The Morgan fingerprint density at radius 3 is 2.70 bits per heavy atom. The molecule has 2 aromatic carbocycles. The van der Waals surface area contributed by atoms with Crippen molar-refractivity contribution < 1.29 is 31.8 Å². The van der Waals surface area contributed by atoms with Crippen LogP contribution in [0.5, 0.6) is 0 Å². The number of benzene rings is 2. The summed E-state index contributed by atoms with van der Waals surface area (Å²) >= 11 is 0.531. The van der Waals surface area contributed by atoms with E-state index in [1.54, 1.807) is 19.1 Å². The molecule has 7 nitrogen and oxygen atoms in total. The molecular formula is C14H16O7S2. The summed E-state index contributed by atoms with van der Waals surface area (Å²) in [6.07, 6.45) is 1.41. The molecular weight excluding hydrogens is 344 g/mol. The van der Waals surface area contributed by atoms with Gasteiger partial charge < -0.3 is 0 Å². The largest absolute Gasteiger partial charge is 0.295 e. The lowest BCUT2D eigenvalue weighted by atomic mass is 10.0. The Morgan fingerprint density at radius 2 is 2.00 bits per heavy atom. The maximum atomic E-state index is 11.5. The molecule has 0 aromatic heterocycles. The quantitative estimate of drug-likeness (QED) is 0.243. The summed E-state index contributed by atoms with van der Waals surface area (Å²) in [5.41, 5.74) is 1.51. The molecule has 23 heavy (non-hydrogen) atoms. The molecule has 9 heteroatoms. The van der Waals surface area contributed by atoms with Crippen LogP contribution in [0.15, 0.2) is 35.2 Å². The number of fused-ring (bicyclic) bond motifs is 1. The van der Waals surface area contributed by atoms with Gasteiger partial charge in [0.05, 0.1) is 6.61 Å². The van der Waals surface area contributed by atoms with Gasteiger partial charge in [0.15, 0.2) is 12.3 Å². The summed E-state index contributed by atoms with van der Waals surface area (Å²) in [6, 6.07) is 8.88. The van der Waals surface area contributed by atoms with Gasteiger partial charge >= 0.3 is 0 Å². The van der Waals surface area contributed by atoms with Gasteiger partial charge in [-0.05, 0) is 36.3 Å². The van der Waals surface area contributed by atoms with Crippen LogP contribution in [0.4, 0.5) is 0 Å². The first kappa shape index (κ1) is 18.1. The molecule has 0 aliphatic carbocycles. The molecule has 0 unspecified atom stereocenters. The van der Waals surface area contributed by atoms with E-state index in [4.69, 9.17) is 9.44 Å². The van der Waals surface area contributed by atoms with Gasteiger partial charge in [0.2, 0.25) is 0 Å². The predicted molar refractivity (Wildman–Crippen MR) is 85.2 cm³/mol. The summed E-state index contributed by atoms with van der Waals surface area (Å²) in [4.78, 5) is -0.0533. The molecule has 0 fully saturated rings. The molecule has 0 heterocycles. The van der Waals surface area contributed by atoms with E-state index in [-0.39, 0.29) is 4.90 Å². The molecule has 0 radical (unpaired) electrons. The van der Waals surface area contributed by atoms with Crippen molar-refractivity contribution in [3.63, 3.8) is 0 Å². The van der Waals surface area contributed by atoms with Crippen LogP contribution in [0.3, 0.4) is 0 Å². The van der Waals surface area contributed by atoms with Gasteiger partial charge in [-0.3, -0.25) is 8.74 Å². The fourth-order valence-corrected chi connectivity index (χ4v) is 3.55. The van der Waals surface area contributed by atoms with Crippen LogP contribution in [-0.2, 0) is 30.1 Å². The maximum absolute atomic E-state index is 11.5. The molecule has 0 aliphatic heterocycles. The highest BCUT2D eigenvalue weighted by Gasteiger charge is 2.17. The van der Waals surface area contributed by atoms with Gasteiger partial charge in [0.1, 0.15) is 4.90 Å². The second-order valence-corrected chi connectivity index (χ2v) is 6.74. The zero-order valence-electron chi connectivity index (χ0n) is 12.3. The molecule has 0 spiro atoms. The van der Waals surface area contributed by atoms with Crippen molar-refractivity contribution in [1.82, 2.24) is 0 Å². The topological polar surface area (TPSA) is 102 Å². The van der Waals surface area contributed by atoms with Crippen LogP contribution < -0.4 is 0 Å². The van der Waals surface area contributed by atoms with Gasteiger partial charge in [-0.2, -0.15) is 8.42 Å². The van der Waals surface area contributed by atoms with E-state index in [1.807, 2.05) is 18.2 Å². The van der Waals surface area contributed by atoms with Crippen molar-refractivity contribution in [3.8, 4) is 0 Å². The minimum absolute atomic E-state index is 0.0533. The Kier molecular flexibility index (Phi) is 6.36. The summed E-state index contributed by atoms with van der Waals surface area (Å²) < 4.78 is 41.5. The summed E-state index contributed by atoms with van der Waals surface area (Å²) in [5, 5.41) is 12.5. The highest BCUT2D eigenvalue weighted by atomic mass is 32.2. The van der Waals surface area contributed by atoms with E-state index in [0.29, 0.717) is 42.7 Å². The van der Waals surface area contributed by atoms with Crippen LogP contribution in [0.2, 0.25) is 0 Å². The third kappa shape index (κ3) is 4.88. The van der Waals surface area contributed by atoms with Crippen molar-refractivity contribution in [2.45, 2.75) is 24.7 Å². The van der Waals surface area contributed by atoms with Crippen LogP contribution in [0, 0.1) is 6.92 Å². The monoisotopic (exact) mass is 360 g/mol. The minimum atomic E-state index is -4.27. The highest BCUT2D eigenvalue weighted by Crippen LogP contribution is 2.27. The van der Waals surface area contributed by atoms with Gasteiger partial charge in [0.25, 0.3) is 10.1 Å². The van der Waals surface area contributed by atoms with E-state index >= 15 is 0 Å². The molecule has 0 saturated carbocycles. The zero-order chi connectivity index (χ0) is 16.9. The normalized spacial score (nSPS) is 12.0. The second kappa shape index (κ2) is 8.06. The zero-order valence-corrected chi connectivity index (χ0v) is 13.9. The Bertz CT molecular complexity index is 774. The van der Waals surface area contributed by atoms with E-state index in [2.05, 4.69) is 9.37 Å². The Balaban J connectivity index is 2.13. The molecule has 126 valence electrons. The highest BCUT2D eigenvalue weighted by molar-refractivity contribution is 7.89. The lowest BCUT2D eigenvalue weighted by Crippen LogP contribution is -2.02. The fourth-order valence-electron chi connectivity index (χ4n) is 2.36. The van der Waals surface area contributed by atoms with Crippen molar-refractivity contribution in [2.24, 2.45) is 0 Å². The number of hydrogen-bond acceptors (Lipinski definition) is 7. The lowest BCUT2D eigenvalue weighted by molar-refractivity contribution is -0.434. The molecule has 2 rings (SSSR count). The first-order valence-electron chi connectivity index (χ1n) is 6.69. The van der Waals surface area contributed by atoms with Crippen molar-refractivity contribution in [2.75, 3.05) is 6.61 Å². The van der Waals surface area contributed by atoms with Crippen LogP contribution in [0.1, 0.15) is 17.5 Å². The molecule has 0 amide bonds. The van der Waals surface area contributed by atoms with Crippen LogP contribution in [-0.4, -0.2) is 24.8 Å². The summed E-state index contributed by atoms with van der Waals surface area (Å²) in [5.74, 6) is 0. The van der Waals surface area contributed by atoms with E-state index in [1.165, 1.54) is 0 Å². The van der Waals surface area contributed by atoms with E-state index in [9.17, 15) is 13.0 Å². The maximum Gasteiger partial charge on any atom is 0.295 e. The smallest absolute Gasteiger partial charge is 0.289 e.